The molecule has 3 aromatic rings. The molecule has 0 bridgehead atoms. The van der Waals surface area contributed by atoms with Gasteiger partial charge in [-0.05, 0) is 59.5 Å². The Labute approximate surface area is 185 Å². The summed E-state index contributed by atoms with van der Waals surface area (Å²) in [5.74, 6) is 0.606. The highest BCUT2D eigenvalue weighted by molar-refractivity contribution is 7.12. The van der Waals surface area contributed by atoms with E-state index in [0.29, 0.717) is 18.3 Å². The molecule has 2 aromatic carbocycles. The van der Waals surface area contributed by atoms with E-state index >= 15 is 0 Å². The Hall–Kier alpha value is -3.12. The third kappa shape index (κ3) is 4.35. The molecule has 158 valence electrons. The van der Waals surface area contributed by atoms with Gasteiger partial charge in [0.15, 0.2) is 6.61 Å². The van der Waals surface area contributed by atoms with E-state index in [1.165, 1.54) is 16.9 Å². The van der Waals surface area contributed by atoms with Crippen LogP contribution in [0.1, 0.15) is 45.2 Å². The summed E-state index contributed by atoms with van der Waals surface area (Å²) in [6.45, 7) is 0.663. The lowest BCUT2D eigenvalue weighted by atomic mass is 9.88. The number of ether oxygens (including phenoxy) is 1. The fraction of sp³-hybridized carbons (Fsp3) is 0.280. The standard InChI is InChI=1S/C25H24N2O3S/c28-23(26-19-9-10-19)16-30-20-11-8-17-12-13-27(25(29)22-7-4-14-31-22)24(21(17)15-20)18-5-2-1-3-6-18/h1-8,11,14-15,19,24H,9-10,12-13,16H2,(H,26,28). The van der Waals surface area contributed by atoms with Crippen molar-refractivity contribution in [2.45, 2.75) is 31.3 Å². The molecule has 31 heavy (non-hydrogen) atoms. The van der Waals surface area contributed by atoms with Gasteiger partial charge in [0.1, 0.15) is 5.75 Å². The number of nitrogens with zero attached hydrogens (tertiary/aromatic N) is 1. The van der Waals surface area contributed by atoms with E-state index in [-0.39, 0.29) is 24.5 Å². The van der Waals surface area contributed by atoms with Gasteiger partial charge in [-0.3, -0.25) is 9.59 Å². The number of hydrogen-bond acceptors (Lipinski definition) is 4. The largest absolute Gasteiger partial charge is 0.484 e. The summed E-state index contributed by atoms with van der Waals surface area (Å²) < 4.78 is 5.80. The molecule has 1 atom stereocenters. The summed E-state index contributed by atoms with van der Waals surface area (Å²) >= 11 is 1.47. The van der Waals surface area contributed by atoms with Gasteiger partial charge in [-0.15, -0.1) is 11.3 Å². The summed E-state index contributed by atoms with van der Waals surface area (Å²) in [4.78, 5) is 28.0. The van der Waals surface area contributed by atoms with Crippen molar-refractivity contribution < 1.29 is 14.3 Å². The number of amides is 2. The van der Waals surface area contributed by atoms with Crippen LogP contribution in [0.2, 0.25) is 0 Å². The Morgan fingerprint density at radius 3 is 2.65 bits per heavy atom. The van der Waals surface area contributed by atoms with Crippen molar-refractivity contribution in [3.8, 4) is 5.75 Å². The number of rotatable bonds is 6. The van der Waals surface area contributed by atoms with Gasteiger partial charge in [0.25, 0.3) is 11.8 Å². The Morgan fingerprint density at radius 1 is 1.06 bits per heavy atom. The van der Waals surface area contributed by atoms with Crippen LogP contribution in [0.5, 0.6) is 5.75 Å². The molecule has 1 fully saturated rings. The lowest BCUT2D eigenvalue weighted by molar-refractivity contribution is -0.123. The maximum Gasteiger partial charge on any atom is 0.264 e. The maximum atomic E-state index is 13.3. The summed E-state index contributed by atoms with van der Waals surface area (Å²) in [5.41, 5.74) is 3.33. The maximum absolute atomic E-state index is 13.3. The zero-order valence-electron chi connectivity index (χ0n) is 17.1. The van der Waals surface area contributed by atoms with Crippen LogP contribution in [0.15, 0.2) is 66.0 Å². The molecular weight excluding hydrogens is 408 g/mol. The normalized spacial score (nSPS) is 17.7. The fourth-order valence-corrected chi connectivity index (χ4v) is 4.76. The molecule has 0 spiro atoms. The minimum absolute atomic E-state index is 0.00311. The number of hydrogen-bond donors (Lipinski definition) is 1. The smallest absolute Gasteiger partial charge is 0.264 e. The van der Waals surface area contributed by atoms with Gasteiger partial charge in [0, 0.05) is 12.6 Å². The first-order valence-electron chi connectivity index (χ1n) is 10.6. The first-order valence-corrected chi connectivity index (χ1v) is 11.5. The molecule has 5 nitrogen and oxygen atoms in total. The number of thiophene rings is 1. The minimum Gasteiger partial charge on any atom is -0.484 e. The van der Waals surface area contributed by atoms with Crippen molar-refractivity contribution in [3.05, 3.63) is 87.6 Å². The van der Waals surface area contributed by atoms with Crippen LogP contribution in [0.4, 0.5) is 0 Å². The van der Waals surface area contributed by atoms with E-state index in [0.717, 1.165) is 35.3 Å². The second-order valence-corrected chi connectivity index (χ2v) is 8.98. The lowest BCUT2D eigenvalue weighted by Gasteiger charge is -2.37. The van der Waals surface area contributed by atoms with Crippen LogP contribution in [0, 0.1) is 0 Å². The number of carbonyl (C=O) groups is 2. The van der Waals surface area contributed by atoms with Crippen molar-refractivity contribution in [2.75, 3.05) is 13.2 Å². The molecule has 1 aliphatic carbocycles. The molecule has 2 heterocycles. The minimum atomic E-state index is -0.191. The van der Waals surface area contributed by atoms with Gasteiger partial charge < -0.3 is 15.0 Å². The summed E-state index contributed by atoms with van der Waals surface area (Å²) in [7, 11) is 0. The Bertz CT molecular complexity index is 1080. The van der Waals surface area contributed by atoms with E-state index in [2.05, 4.69) is 23.5 Å². The highest BCUT2D eigenvalue weighted by Gasteiger charge is 2.33. The van der Waals surface area contributed by atoms with E-state index in [1.807, 2.05) is 52.7 Å². The first-order chi connectivity index (χ1) is 15.2. The first kappa shape index (κ1) is 19.8. The highest BCUT2D eigenvalue weighted by atomic mass is 32.1. The topological polar surface area (TPSA) is 58.6 Å². The van der Waals surface area contributed by atoms with Gasteiger partial charge in [-0.25, -0.2) is 0 Å². The lowest BCUT2D eigenvalue weighted by Crippen LogP contribution is -2.40. The van der Waals surface area contributed by atoms with Crippen LogP contribution in [0.25, 0.3) is 0 Å². The van der Waals surface area contributed by atoms with E-state index in [1.54, 1.807) is 0 Å². The fourth-order valence-electron chi connectivity index (χ4n) is 4.08. The molecule has 0 radical (unpaired) electrons. The van der Waals surface area contributed by atoms with Crippen LogP contribution in [-0.2, 0) is 11.2 Å². The predicted octanol–water partition coefficient (Wildman–Crippen LogP) is 4.19. The molecule has 0 saturated heterocycles. The van der Waals surface area contributed by atoms with Crippen molar-refractivity contribution >= 4 is 23.2 Å². The van der Waals surface area contributed by atoms with Gasteiger partial charge in [-0.2, -0.15) is 0 Å². The van der Waals surface area contributed by atoms with E-state index in [4.69, 9.17) is 4.74 Å². The molecule has 1 N–H and O–H groups in total. The van der Waals surface area contributed by atoms with Gasteiger partial charge in [0.2, 0.25) is 0 Å². The van der Waals surface area contributed by atoms with Crippen molar-refractivity contribution in [1.29, 1.82) is 0 Å². The summed E-state index contributed by atoms with van der Waals surface area (Å²) in [6.07, 6.45) is 2.90. The molecule has 2 aliphatic rings. The second kappa shape index (κ2) is 8.55. The number of fused-ring (bicyclic) bond motifs is 1. The van der Waals surface area contributed by atoms with Crippen molar-refractivity contribution in [1.82, 2.24) is 10.2 Å². The third-order valence-electron chi connectivity index (χ3n) is 5.77. The molecule has 6 heteroatoms. The number of benzene rings is 2. The van der Waals surface area contributed by atoms with Crippen LogP contribution in [-0.4, -0.2) is 35.9 Å². The van der Waals surface area contributed by atoms with E-state index in [9.17, 15) is 9.59 Å². The Balaban J connectivity index is 1.45. The third-order valence-corrected chi connectivity index (χ3v) is 6.62. The summed E-state index contributed by atoms with van der Waals surface area (Å²) in [5, 5.41) is 4.87. The predicted molar refractivity (Wildman–Crippen MR) is 120 cm³/mol. The quantitative estimate of drug-likeness (QED) is 0.635. The average Bonchev–Trinajstić information content (AvgIpc) is 3.44. The number of nitrogens with one attached hydrogen (secondary N) is 1. The SMILES string of the molecule is O=C(COc1ccc2c(c1)C(c1ccccc1)N(C(=O)c1cccs1)CC2)NC1CC1. The van der Waals surface area contributed by atoms with Crippen molar-refractivity contribution in [3.63, 3.8) is 0 Å². The van der Waals surface area contributed by atoms with Gasteiger partial charge >= 0.3 is 0 Å². The molecule has 1 aromatic heterocycles. The van der Waals surface area contributed by atoms with Crippen LogP contribution in [0.3, 0.4) is 0 Å². The van der Waals surface area contributed by atoms with Crippen molar-refractivity contribution in [2.24, 2.45) is 0 Å². The molecule has 5 rings (SSSR count). The summed E-state index contributed by atoms with van der Waals surface area (Å²) in [6, 6.07) is 20.0. The van der Waals surface area contributed by atoms with Gasteiger partial charge in [0.05, 0.1) is 10.9 Å². The van der Waals surface area contributed by atoms with Gasteiger partial charge in [-0.1, -0.05) is 42.5 Å². The zero-order valence-corrected chi connectivity index (χ0v) is 17.9. The monoisotopic (exact) mass is 432 g/mol. The highest BCUT2D eigenvalue weighted by Crippen LogP contribution is 2.38. The molecule has 1 aliphatic heterocycles. The molecule has 1 unspecified atom stereocenters. The zero-order chi connectivity index (χ0) is 21.2. The number of carbonyl (C=O) groups excluding carboxylic acids is 2. The van der Waals surface area contributed by atoms with E-state index < -0.39 is 0 Å². The molecule has 2 amide bonds. The second-order valence-electron chi connectivity index (χ2n) is 8.03. The molecule has 1 saturated carbocycles. The Kier molecular flexibility index (Phi) is 5.47. The van der Waals surface area contributed by atoms with Crippen LogP contribution >= 0.6 is 11.3 Å². The average molecular weight is 433 g/mol. The van der Waals surface area contributed by atoms with Crippen LogP contribution < -0.4 is 10.1 Å². The molecular formula is C25H24N2O3S. The Morgan fingerprint density at radius 2 is 1.90 bits per heavy atom.